The molecule has 6 rings (SSSR count). The normalized spacial score (nSPS) is 12.1. The minimum Gasteiger partial charge on any atom is -0.355 e. The van der Waals surface area contributed by atoms with Gasteiger partial charge < -0.3 is 15.0 Å². The van der Waals surface area contributed by atoms with Crippen molar-refractivity contribution in [2.45, 2.75) is 6.54 Å². The highest BCUT2D eigenvalue weighted by Gasteiger charge is 2.12. The van der Waals surface area contributed by atoms with Crippen molar-refractivity contribution < 1.29 is 0 Å². The summed E-state index contributed by atoms with van der Waals surface area (Å²) >= 11 is 0. The molecule has 154 valence electrons. The molecule has 7 heteroatoms. The molecule has 0 aliphatic carbocycles. The number of fused-ring (bicyclic) bond motifs is 2. The van der Waals surface area contributed by atoms with E-state index in [1.165, 1.54) is 11.1 Å². The Kier molecular flexibility index (Phi) is 4.35. The smallest absolute Gasteiger partial charge is 0.180 e. The summed E-state index contributed by atoms with van der Waals surface area (Å²) in [5.74, 6) is 0.707. The SMILES string of the molecule is C1=NCc2cc(-c3cn4ccnc4c(Nc4ccc(Nc5ccncc5)cc4)n3)ccc21. The maximum absolute atomic E-state index is 4.90. The van der Waals surface area contributed by atoms with E-state index < -0.39 is 0 Å². The van der Waals surface area contributed by atoms with Gasteiger partial charge in [-0.2, -0.15) is 0 Å². The Hall–Kier alpha value is -4.52. The first kappa shape index (κ1) is 18.3. The standard InChI is InChI=1S/C25H19N7/c1-2-18-14-27-15-19(18)13-17(1)23-16-32-12-11-28-25(32)24(31-23)30-21-5-3-20(4-6-21)29-22-7-9-26-10-8-22/h1-14,16H,15H2,(H,26,29)(H,30,31). The van der Waals surface area contributed by atoms with Crippen LogP contribution in [0.4, 0.5) is 22.9 Å². The molecular weight excluding hydrogens is 398 g/mol. The summed E-state index contributed by atoms with van der Waals surface area (Å²) in [5, 5.41) is 6.79. The highest BCUT2D eigenvalue weighted by atomic mass is 15.1. The maximum Gasteiger partial charge on any atom is 0.180 e. The van der Waals surface area contributed by atoms with Gasteiger partial charge in [0.1, 0.15) is 0 Å². The molecule has 7 nitrogen and oxygen atoms in total. The third-order valence-electron chi connectivity index (χ3n) is 5.42. The van der Waals surface area contributed by atoms with E-state index in [0.717, 1.165) is 40.5 Å². The lowest BCUT2D eigenvalue weighted by atomic mass is 10.0. The fraction of sp³-hybridized carbons (Fsp3) is 0.0400. The first-order valence-electron chi connectivity index (χ1n) is 10.3. The first-order chi connectivity index (χ1) is 15.8. The van der Waals surface area contributed by atoms with Gasteiger partial charge in [0, 0.05) is 59.8 Å². The predicted molar refractivity (Wildman–Crippen MR) is 127 cm³/mol. The molecule has 0 radical (unpaired) electrons. The van der Waals surface area contributed by atoms with Crippen molar-refractivity contribution in [3.05, 3.63) is 96.7 Å². The van der Waals surface area contributed by atoms with Gasteiger partial charge in [0.2, 0.25) is 0 Å². The number of aliphatic imine (C=N–C) groups is 1. The van der Waals surface area contributed by atoms with Gasteiger partial charge in [-0.15, -0.1) is 0 Å². The number of hydrogen-bond donors (Lipinski definition) is 2. The maximum atomic E-state index is 4.90. The molecule has 2 aromatic carbocycles. The lowest BCUT2D eigenvalue weighted by molar-refractivity contribution is 1.10. The van der Waals surface area contributed by atoms with E-state index in [9.17, 15) is 0 Å². The second-order valence-electron chi connectivity index (χ2n) is 7.58. The minimum absolute atomic E-state index is 0.707. The number of aromatic nitrogens is 4. The quantitative estimate of drug-likeness (QED) is 0.410. The molecule has 1 aliphatic heterocycles. The van der Waals surface area contributed by atoms with Crippen LogP contribution in [0.3, 0.4) is 0 Å². The molecule has 0 spiro atoms. The van der Waals surface area contributed by atoms with Crippen LogP contribution in [0, 0.1) is 0 Å². The van der Waals surface area contributed by atoms with Gasteiger partial charge >= 0.3 is 0 Å². The Morgan fingerprint density at radius 1 is 0.812 bits per heavy atom. The molecule has 1 aliphatic rings. The Bertz CT molecular complexity index is 1440. The summed E-state index contributed by atoms with van der Waals surface area (Å²) < 4.78 is 1.99. The van der Waals surface area contributed by atoms with E-state index in [1.54, 1.807) is 18.6 Å². The average Bonchev–Trinajstić information content (AvgIpc) is 3.50. The van der Waals surface area contributed by atoms with Gasteiger partial charge in [-0.25, -0.2) is 9.97 Å². The number of pyridine rings is 1. The van der Waals surface area contributed by atoms with Gasteiger partial charge in [-0.3, -0.25) is 9.98 Å². The fourth-order valence-electron chi connectivity index (χ4n) is 3.80. The number of nitrogens with one attached hydrogen (secondary N) is 2. The van der Waals surface area contributed by atoms with Gasteiger partial charge in [0.15, 0.2) is 11.5 Å². The largest absolute Gasteiger partial charge is 0.355 e. The third-order valence-corrected chi connectivity index (χ3v) is 5.42. The van der Waals surface area contributed by atoms with Crippen LogP contribution >= 0.6 is 0 Å². The number of benzene rings is 2. The molecule has 0 fully saturated rings. The van der Waals surface area contributed by atoms with E-state index >= 15 is 0 Å². The van der Waals surface area contributed by atoms with Crippen molar-refractivity contribution in [3.8, 4) is 11.3 Å². The number of anilines is 4. The summed E-state index contributed by atoms with van der Waals surface area (Å²) in [4.78, 5) is 17.8. The molecule has 32 heavy (non-hydrogen) atoms. The van der Waals surface area contributed by atoms with E-state index in [2.05, 4.69) is 43.8 Å². The minimum atomic E-state index is 0.707. The van der Waals surface area contributed by atoms with Crippen molar-refractivity contribution >= 4 is 34.7 Å². The molecule has 0 atom stereocenters. The van der Waals surface area contributed by atoms with Crippen molar-refractivity contribution in [1.82, 2.24) is 19.4 Å². The highest BCUT2D eigenvalue weighted by molar-refractivity contribution is 5.86. The molecule has 0 amide bonds. The zero-order valence-corrected chi connectivity index (χ0v) is 17.1. The number of rotatable bonds is 5. The summed E-state index contributed by atoms with van der Waals surface area (Å²) in [6.07, 6.45) is 11.2. The topological polar surface area (TPSA) is 79.5 Å². The lowest BCUT2D eigenvalue weighted by Crippen LogP contribution is -2.01. The zero-order chi connectivity index (χ0) is 21.3. The molecule has 0 unspecified atom stereocenters. The van der Waals surface area contributed by atoms with Crippen LogP contribution in [0.25, 0.3) is 16.9 Å². The van der Waals surface area contributed by atoms with Crippen molar-refractivity contribution in [2.75, 3.05) is 10.6 Å². The fourth-order valence-corrected chi connectivity index (χ4v) is 3.80. The second-order valence-corrected chi connectivity index (χ2v) is 7.58. The summed E-state index contributed by atoms with van der Waals surface area (Å²) in [6, 6.07) is 18.3. The van der Waals surface area contributed by atoms with E-state index in [4.69, 9.17) is 4.98 Å². The average molecular weight is 417 g/mol. The van der Waals surface area contributed by atoms with E-state index in [1.807, 2.05) is 59.4 Å². The summed E-state index contributed by atoms with van der Waals surface area (Å²) in [5.41, 5.74) is 8.04. The Balaban J connectivity index is 1.30. The van der Waals surface area contributed by atoms with Gasteiger partial charge in [-0.05, 0) is 53.6 Å². The number of imidazole rings is 1. The molecule has 0 bridgehead atoms. The zero-order valence-electron chi connectivity index (χ0n) is 17.1. The summed E-state index contributed by atoms with van der Waals surface area (Å²) in [6.45, 7) is 0.724. The molecular formula is C25H19N7. The van der Waals surface area contributed by atoms with Gasteiger partial charge in [0.05, 0.1) is 12.2 Å². The van der Waals surface area contributed by atoms with Crippen molar-refractivity contribution in [2.24, 2.45) is 4.99 Å². The number of hydrogen-bond acceptors (Lipinski definition) is 6. The van der Waals surface area contributed by atoms with Crippen LogP contribution in [0.2, 0.25) is 0 Å². The monoisotopic (exact) mass is 417 g/mol. The predicted octanol–water partition coefficient (Wildman–Crippen LogP) is 5.21. The van der Waals surface area contributed by atoms with Crippen LogP contribution in [-0.4, -0.2) is 25.6 Å². The van der Waals surface area contributed by atoms with E-state index in [0.29, 0.717) is 5.82 Å². The molecule has 0 saturated carbocycles. The van der Waals surface area contributed by atoms with Crippen LogP contribution in [-0.2, 0) is 6.54 Å². The molecule has 2 N–H and O–H groups in total. The Morgan fingerprint density at radius 2 is 1.59 bits per heavy atom. The first-order valence-corrected chi connectivity index (χ1v) is 10.3. The Labute approximate surface area is 184 Å². The van der Waals surface area contributed by atoms with Gasteiger partial charge in [-0.1, -0.05) is 12.1 Å². The van der Waals surface area contributed by atoms with Crippen LogP contribution < -0.4 is 10.6 Å². The molecule has 0 saturated heterocycles. The van der Waals surface area contributed by atoms with Crippen molar-refractivity contribution in [1.29, 1.82) is 0 Å². The summed E-state index contributed by atoms with van der Waals surface area (Å²) in [7, 11) is 0. The molecule has 5 aromatic rings. The van der Waals surface area contributed by atoms with Gasteiger partial charge in [0.25, 0.3) is 0 Å². The second kappa shape index (κ2) is 7.63. The molecule has 3 aromatic heterocycles. The van der Waals surface area contributed by atoms with Crippen molar-refractivity contribution in [3.63, 3.8) is 0 Å². The van der Waals surface area contributed by atoms with Crippen LogP contribution in [0.1, 0.15) is 11.1 Å². The Morgan fingerprint density at radius 3 is 2.44 bits per heavy atom. The van der Waals surface area contributed by atoms with E-state index in [-0.39, 0.29) is 0 Å². The molecule has 4 heterocycles. The lowest BCUT2D eigenvalue weighted by Gasteiger charge is -2.12. The number of nitrogens with zero attached hydrogens (tertiary/aromatic N) is 5. The highest BCUT2D eigenvalue weighted by Crippen LogP contribution is 2.28. The van der Waals surface area contributed by atoms with Crippen LogP contribution in [0.5, 0.6) is 0 Å². The van der Waals surface area contributed by atoms with Crippen LogP contribution in [0.15, 0.2) is 90.6 Å². The third kappa shape index (κ3) is 3.45.